The summed E-state index contributed by atoms with van der Waals surface area (Å²) in [5.41, 5.74) is 0.931. The lowest BCUT2D eigenvalue weighted by molar-refractivity contribution is -0.118. The van der Waals surface area contributed by atoms with Crippen molar-refractivity contribution in [3.8, 4) is 0 Å². The molecule has 0 aliphatic carbocycles. The number of nitrogens with one attached hydrogen (secondary N) is 2. The Morgan fingerprint density at radius 2 is 2.67 bits per heavy atom. The molecule has 0 aliphatic heterocycles. The predicted molar refractivity (Wildman–Crippen MR) is 46.3 cm³/mol. The fourth-order valence-corrected chi connectivity index (χ4v) is 0.746. The second-order valence-corrected chi connectivity index (χ2v) is 2.35. The molecular formula is C8H11N3O. The van der Waals surface area contributed by atoms with Gasteiger partial charge in [0.05, 0.1) is 18.2 Å². The number of aromatic nitrogens is 2. The summed E-state index contributed by atoms with van der Waals surface area (Å²) in [7, 11) is 0. The van der Waals surface area contributed by atoms with Crippen LogP contribution in [0.15, 0.2) is 18.6 Å². The maximum atomic E-state index is 10.4. The van der Waals surface area contributed by atoms with Crippen molar-refractivity contribution in [2.45, 2.75) is 6.92 Å². The number of H-pyrrole nitrogens is 1. The second-order valence-electron chi connectivity index (χ2n) is 2.35. The van der Waals surface area contributed by atoms with Gasteiger partial charge in [-0.05, 0) is 6.08 Å². The first-order valence-electron chi connectivity index (χ1n) is 3.68. The van der Waals surface area contributed by atoms with Crippen LogP contribution in [0.25, 0.3) is 6.08 Å². The zero-order valence-electron chi connectivity index (χ0n) is 6.87. The van der Waals surface area contributed by atoms with Gasteiger partial charge in [0.25, 0.3) is 0 Å². The molecule has 0 fully saturated rings. The fraction of sp³-hybridized carbons (Fsp3) is 0.250. The molecule has 1 amide bonds. The van der Waals surface area contributed by atoms with Crippen molar-refractivity contribution >= 4 is 12.0 Å². The van der Waals surface area contributed by atoms with Crippen LogP contribution in [0, 0.1) is 0 Å². The summed E-state index contributed by atoms with van der Waals surface area (Å²) in [6, 6.07) is 0. The van der Waals surface area contributed by atoms with E-state index in [1.54, 1.807) is 12.5 Å². The van der Waals surface area contributed by atoms with E-state index in [2.05, 4.69) is 15.3 Å². The van der Waals surface area contributed by atoms with Gasteiger partial charge in [-0.3, -0.25) is 4.79 Å². The highest BCUT2D eigenvalue weighted by molar-refractivity contribution is 5.73. The van der Waals surface area contributed by atoms with Crippen molar-refractivity contribution in [3.63, 3.8) is 0 Å². The van der Waals surface area contributed by atoms with Gasteiger partial charge in [-0.1, -0.05) is 6.08 Å². The van der Waals surface area contributed by atoms with Crippen LogP contribution in [-0.4, -0.2) is 22.4 Å². The molecule has 0 saturated carbocycles. The molecule has 1 aromatic rings. The topological polar surface area (TPSA) is 57.8 Å². The van der Waals surface area contributed by atoms with E-state index < -0.39 is 0 Å². The minimum atomic E-state index is -0.0238. The molecule has 0 aliphatic rings. The molecule has 0 spiro atoms. The van der Waals surface area contributed by atoms with Gasteiger partial charge >= 0.3 is 0 Å². The maximum absolute atomic E-state index is 10.4. The van der Waals surface area contributed by atoms with E-state index in [1.807, 2.05) is 12.2 Å². The molecule has 1 rings (SSSR count). The van der Waals surface area contributed by atoms with Gasteiger partial charge in [-0.25, -0.2) is 4.98 Å². The Bertz CT molecular complexity index is 264. The quantitative estimate of drug-likeness (QED) is 0.687. The van der Waals surface area contributed by atoms with Crippen LogP contribution in [0.4, 0.5) is 0 Å². The molecule has 0 bridgehead atoms. The molecule has 1 aromatic heterocycles. The molecule has 0 aromatic carbocycles. The molecule has 64 valence electrons. The van der Waals surface area contributed by atoms with Crippen LogP contribution in [0.2, 0.25) is 0 Å². The van der Waals surface area contributed by atoms with Crippen LogP contribution in [0.5, 0.6) is 0 Å². The van der Waals surface area contributed by atoms with E-state index in [0.29, 0.717) is 6.54 Å². The van der Waals surface area contributed by atoms with E-state index in [1.165, 1.54) is 6.92 Å². The third-order valence-electron chi connectivity index (χ3n) is 1.29. The number of aromatic amines is 1. The fourth-order valence-electron chi connectivity index (χ4n) is 0.746. The average molecular weight is 165 g/mol. The van der Waals surface area contributed by atoms with Crippen LogP contribution in [0.1, 0.15) is 12.6 Å². The van der Waals surface area contributed by atoms with Gasteiger partial charge in [0, 0.05) is 13.5 Å². The Hall–Kier alpha value is -1.58. The number of amides is 1. The monoisotopic (exact) mass is 165 g/mol. The highest BCUT2D eigenvalue weighted by Crippen LogP contribution is 1.92. The van der Waals surface area contributed by atoms with Crippen molar-refractivity contribution in [2.75, 3.05) is 6.54 Å². The number of nitrogens with zero attached hydrogens (tertiary/aromatic N) is 1. The van der Waals surface area contributed by atoms with Crippen molar-refractivity contribution in [2.24, 2.45) is 0 Å². The van der Waals surface area contributed by atoms with Crippen LogP contribution in [-0.2, 0) is 4.79 Å². The molecule has 2 N–H and O–H groups in total. The van der Waals surface area contributed by atoms with E-state index in [9.17, 15) is 4.79 Å². The van der Waals surface area contributed by atoms with Gasteiger partial charge < -0.3 is 10.3 Å². The Kier molecular flexibility index (Phi) is 3.07. The summed E-state index contributed by atoms with van der Waals surface area (Å²) in [6.45, 7) is 2.04. The van der Waals surface area contributed by atoms with Gasteiger partial charge in [-0.15, -0.1) is 0 Å². The van der Waals surface area contributed by atoms with Gasteiger partial charge in [0.2, 0.25) is 5.91 Å². The van der Waals surface area contributed by atoms with Crippen LogP contribution >= 0.6 is 0 Å². The lowest BCUT2D eigenvalue weighted by atomic mass is 10.4. The molecular weight excluding hydrogens is 154 g/mol. The third-order valence-corrected chi connectivity index (χ3v) is 1.29. The number of rotatable bonds is 3. The van der Waals surface area contributed by atoms with Gasteiger partial charge in [0.15, 0.2) is 0 Å². The minimum absolute atomic E-state index is 0.0238. The van der Waals surface area contributed by atoms with Crippen molar-refractivity contribution in [1.82, 2.24) is 15.3 Å². The molecule has 1 heterocycles. The van der Waals surface area contributed by atoms with Gasteiger partial charge in [0.1, 0.15) is 0 Å². The first kappa shape index (κ1) is 8.52. The Balaban J connectivity index is 2.27. The van der Waals surface area contributed by atoms with Crippen LogP contribution < -0.4 is 5.32 Å². The zero-order valence-corrected chi connectivity index (χ0v) is 6.87. The van der Waals surface area contributed by atoms with Crippen molar-refractivity contribution in [1.29, 1.82) is 0 Å². The predicted octanol–water partition coefficient (Wildman–Crippen LogP) is 0.559. The number of carbonyl (C=O) groups is 1. The molecule has 4 nitrogen and oxygen atoms in total. The molecule has 0 saturated heterocycles. The molecule has 0 unspecified atom stereocenters. The number of hydrogen-bond acceptors (Lipinski definition) is 2. The van der Waals surface area contributed by atoms with Crippen molar-refractivity contribution in [3.05, 3.63) is 24.3 Å². The van der Waals surface area contributed by atoms with E-state index in [0.717, 1.165) is 5.69 Å². The number of carbonyl (C=O) groups excluding carboxylic acids is 1. The first-order valence-corrected chi connectivity index (χ1v) is 3.68. The molecule has 0 atom stereocenters. The van der Waals surface area contributed by atoms with Crippen molar-refractivity contribution < 1.29 is 4.79 Å². The zero-order chi connectivity index (χ0) is 8.81. The smallest absolute Gasteiger partial charge is 0.217 e. The van der Waals surface area contributed by atoms with Gasteiger partial charge in [-0.2, -0.15) is 0 Å². The van der Waals surface area contributed by atoms with E-state index in [-0.39, 0.29) is 5.91 Å². The minimum Gasteiger partial charge on any atom is -0.353 e. The maximum Gasteiger partial charge on any atom is 0.217 e. The lowest BCUT2D eigenvalue weighted by Gasteiger charge is -1.93. The first-order chi connectivity index (χ1) is 5.79. The normalized spacial score (nSPS) is 10.4. The third kappa shape index (κ3) is 3.01. The Morgan fingerprint density at radius 3 is 3.25 bits per heavy atom. The summed E-state index contributed by atoms with van der Waals surface area (Å²) in [5, 5.41) is 2.65. The van der Waals surface area contributed by atoms with E-state index in [4.69, 9.17) is 0 Å². The molecule has 4 heteroatoms. The molecule has 0 radical (unpaired) electrons. The SMILES string of the molecule is CC(=O)NCC=Cc1cnc[nH]1. The summed E-state index contributed by atoms with van der Waals surface area (Å²) in [5.74, 6) is -0.0238. The van der Waals surface area contributed by atoms with E-state index >= 15 is 0 Å². The Labute approximate surface area is 70.7 Å². The Morgan fingerprint density at radius 1 is 1.83 bits per heavy atom. The van der Waals surface area contributed by atoms with Crippen LogP contribution in [0.3, 0.4) is 0 Å². The summed E-state index contributed by atoms with van der Waals surface area (Å²) >= 11 is 0. The summed E-state index contributed by atoms with van der Waals surface area (Å²) < 4.78 is 0. The molecule has 12 heavy (non-hydrogen) atoms. The average Bonchev–Trinajstić information content (AvgIpc) is 2.49. The standard InChI is InChI=1S/C8H11N3O/c1-7(12)10-4-2-3-8-5-9-6-11-8/h2-3,5-6H,4H2,1H3,(H,9,11)(H,10,12). The highest BCUT2D eigenvalue weighted by atomic mass is 16.1. The summed E-state index contributed by atoms with van der Waals surface area (Å²) in [6.07, 6.45) is 7.04. The lowest BCUT2D eigenvalue weighted by Crippen LogP contribution is -2.19. The largest absolute Gasteiger partial charge is 0.353 e. The highest BCUT2D eigenvalue weighted by Gasteiger charge is 1.86. The number of hydrogen-bond donors (Lipinski definition) is 2. The second kappa shape index (κ2) is 4.33. The number of imidazole rings is 1. The summed E-state index contributed by atoms with van der Waals surface area (Å²) in [4.78, 5) is 17.2.